The molecule has 252 valence electrons. The standard InChI is InChI=1S/C36H47BrN6O4/c1-36(2,3)47-35(45)41-14-12-24(13-15-41)26-22-29-30(23-31(26)46-21-20-40-18-16-39(4)17-19-40)43-28-11-7-10-27(37)32(28)33(44)38-34(43)42(29)25-8-5-6-9-25/h7,10-11,22-25H,5-6,8-9,12-21H2,1-4H3. The third-order valence-electron chi connectivity index (χ3n) is 10.2. The summed E-state index contributed by atoms with van der Waals surface area (Å²) in [7, 11) is 2.18. The summed E-state index contributed by atoms with van der Waals surface area (Å²) >= 11 is 3.63. The van der Waals surface area contributed by atoms with Crippen molar-refractivity contribution in [3.8, 4) is 5.75 Å². The second kappa shape index (κ2) is 13.0. The van der Waals surface area contributed by atoms with Crippen molar-refractivity contribution in [2.75, 3.05) is 59.5 Å². The highest BCUT2D eigenvalue weighted by Gasteiger charge is 2.31. The van der Waals surface area contributed by atoms with E-state index in [-0.39, 0.29) is 23.6 Å². The number of rotatable bonds is 6. The summed E-state index contributed by atoms with van der Waals surface area (Å²) in [5.41, 5.74) is 3.38. The first-order valence-electron chi connectivity index (χ1n) is 17.3. The van der Waals surface area contributed by atoms with Crippen LogP contribution in [0.1, 0.15) is 76.8 Å². The summed E-state index contributed by atoms with van der Waals surface area (Å²) in [5, 5.41) is 0.589. The molecule has 10 nitrogen and oxygen atoms in total. The molecule has 0 atom stereocenters. The quantitative estimate of drug-likeness (QED) is 0.229. The number of aromatic nitrogens is 3. The maximum atomic E-state index is 13.5. The Morgan fingerprint density at radius 2 is 1.68 bits per heavy atom. The van der Waals surface area contributed by atoms with Gasteiger partial charge in [0.2, 0.25) is 5.78 Å². The van der Waals surface area contributed by atoms with E-state index in [4.69, 9.17) is 14.5 Å². The van der Waals surface area contributed by atoms with Gasteiger partial charge in [0, 0.05) is 62.4 Å². The number of likely N-dealkylation sites (N-methyl/N-ethyl adjacent to an activating group) is 1. The van der Waals surface area contributed by atoms with Crippen molar-refractivity contribution < 1.29 is 14.3 Å². The number of nitrogens with zero attached hydrogens (tertiary/aromatic N) is 6. The van der Waals surface area contributed by atoms with Crippen molar-refractivity contribution >= 4 is 49.7 Å². The van der Waals surface area contributed by atoms with Crippen molar-refractivity contribution in [2.45, 2.75) is 76.9 Å². The fourth-order valence-corrected chi connectivity index (χ4v) is 8.22. The third-order valence-corrected chi connectivity index (χ3v) is 10.9. The van der Waals surface area contributed by atoms with Crippen LogP contribution in [0.25, 0.3) is 27.7 Å². The predicted octanol–water partition coefficient (Wildman–Crippen LogP) is 6.42. The van der Waals surface area contributed by atoms with Crippen LogP contribution >= 0.6 is 15.9 Å². The molecule has 2 aromatic heterocycles. The van der Waals surface area contributed by atoms with Gasteiger partial charge in [0.05, 0.1) is 21.9 Å². The third kappa shape index (κ3) is 6.50. The van der Waals surface area contributed by atoms with Crippen LogP contribution in [-0.4, -0.2) is 99.8 Å². The Labute approximate surface area is 284 Å². The van der Waals surface area contributed by atoms with Gasteiger partial charge in [-0.2, -0.15) is 4.98 Å². The molecule has 7 rings (SSSR count). The Morgan fingerprint density at radius 1 is 0.957 bits per heavy atom. The first-order valence-corrected chi connectivity index (χ1v) is 18.1. The Balaban J connectivity index is 1.31. The highest BCUT2D eigenvalue weighted by Crippen LogP contribution is 2.42. The fraction of sp³-hybridized carbons (Fsp3) is 0.583. The highest BCUT2D eigenvalue weighted by atomic mass is 79.9. The molecule has 2 saturated heterocycles. The Hall–Kier alpha value is -3.15. The van der Waals surface area contributed by atoms with Gasteiger partial charge in [-0.1, -0.05) is 18.9 Å². The first kappa shape index (κ1) is 32.4. The molecule has 11 heteroatoms. The van der Waals surface area contributed by atoms with Gasteiger partial charge >= 0.3 is 6.09 Å². The minimum Gasteiger partial charge on any atom is -0.492 e. The van der Waals surface area contributed by atoms with E-state index >= 15 is 0 Å². The minimum atomic E-state index is -0.521. The lowest BCUT2D eigenvalue weighted by atomic mass is 9.88. The predicted molar refractivity (Wildman–Crippen MR) is 189 cm³/mol. The van der Waals surface area contributed by atoms with Crippen LogP contribution in [0.2, 0.25) is 0 Å². The highest BCUT2D eigenvalue weighted by molar-refractivity contribution is 9.10. The minimum absolute atomic E-state index is 0.215. The summed E-state index contributed by atoms with van der Waals surface area (Å²) < 4.78 is 17.7. The van der Waals surface area contributed by atoms with Crippen LogP contribution < -0.4 is 10.3 Å². The second-order valence-corrected chi connectivity index (χ2v) is 15.5. The van der Waals surface area contributed by atoms with E-state index in [0.29, 0.717) is 30.9 Å². The van der Waals surface area contributed by atoms with Crippen molar-refractivity contribution in [3.05, 3.63) is 50.7 Å². The van der Waals surface area contributed by atoms with Crippen molar-refractivity contribution in [2.24, 2.45) is 0 Å². The molecule has 4 heterocycles. The molecule has 3 fully saturated rings. The lowest BCUT2D eigenvalue weighted by Gasteiger charge is -2.34. The van der Waals surface area contributed by atoms with Gasteiger partial charge in [-0.3, -0.25) is 14.1 Å². The van der Waals surface area contributed by atoms with Crippen LogP contribution in [0.15, 0.2) is 39.6 Å². The zero-order valence-electron chi connectivity index (χ0n) is 28.1. The Bertz CT molecular complexity index is 1840. The number of fused-ring (bicyclic) bond motifs is 5. The van der Waals surface area contributed by atoms with E-state index in [1.807, 2.05) is 43.9 Å². The number of imidazole rings is 1. The number of piperazine rings is 1. The van der Waals surface area contributed by atoms with Crippen molar-refractivity contribution in [1.82, 2.24) is 28.7 Å². The fourth-order valence-electron chi connectivity index (χ4n) is 7.69. The van der Waals surface area contributed by atoms with E-state index in [1.54, 1.807) is 0 Å². The molecule has 0 unspecified atom stereocenters. The zero-order chi connectivity index (χ0) is 32.9. The van der Waals surface area contributed by atoms with E-state index < -0.39 is 5.60 Å². The number of halogens is 1. The van der Waals surface area contributed by atoms with E-state index in [9.17, 15) is 9.59 Å². The second-order valence-electron chi connectivity index (χ2n) is 14.6. The van der Waals surface area contributed by atoms with Crippen LogP contribution in [0.4, 0.5) is 4.79 Å². The Morgan fingerprint density at radius 3 is 2.38 bits per heavy atom. The molecule has 4 aromatic rings. The Kier molecular flexibility index (Phi) is 8.99. The largest absolute Gasteiger partial charge is 0.492 e. The summed E-state index contributed by atoms with van der Waals surface area (Å²) in [6.45, 7) is 12.7. The van der Waals surface area contributed by atoms with Crippen LogP contribution in [-0.2, 0) is 4.74 Å². The van der Waals surface area contributed by atoms with Crippen LogP contribution in [0, 0.1) is 0 Å². The number of carbonyl (C=O) groups excluding carboxylic acids is 1. The molecule has 2 aromatic carbocycles. The van der Waals surface area contributed by atoms with E-state index in [2.05, 4.69) is 53.9 Å². The molecule has 1 amide bonds. The zero-order valence-corrected chi connectivity index (χ0v) is 29.7. The number of piperidine rings is 1. The SMILES string of the molecule is CN1CCN(CCOc2cc3c(cc2C2CCN(C(=O)OC(C)(C)C)CC2)n(C2CCCC2)c2nc(=O)c4c(Br)cccc4n32)CC1. The van der Waals surface area contributed by atoms with E-state index in [0.717, 1.165) is 85.2 Å². The number of benzene rings is 2. The number of hydrogen-bond donors (Lipinski definition) is 0. The molecule has 2 aliphatic heterocycles. The summed E-state index contributed by atoms with van der Waals surface area (Å²) in [6, 6.07) is 10.7. The van der Waals surface area contributed by atoms with Crippen molar-refractivity contribution in [3.63, 3.8) is 0 Å². The first-order chi connectivity index (χ1) is 22.6. The molecular formula is C36H47BrN6O4. The lowest BCUT2D eigenvalue weighted by molar-refractivity contribution is 0.0204. The van der Waals surface area contributed by atoms with E-state index in [1.165, 1.54) is 18.4 Å². The maximum absolute atomic E-state index is 13.5. The topological polar surface area (TPSA) is 84.5 Å². The summed E-state index contributed by atoms with van der Waals surface area (Å²) in [4.78, 5) is 37.8. The smallest absolute Gasteiger partial charge is 0.410 e. The maximum Gasteiger partial charge on any atom is 0.410 e. The van der Waals surface area contributed by atoms with Gasteiger partial charge in [0.25, 0.3) is 5.56 Å². The number of ether oxygens (including phenoxy) is 2. The lowest BCUT2D eigenvalue weighted by Crippen LogP contribution is -2.45. The molecular weight excluding hydrogens is 660 g/mol. The number of amides is 1. The van der Waals surface area contributed by atoms with Gasteiger partial charge in [0.15, 0.2) is 0 Å². The molecule has 0 spiro atoms. The molecule has 1 saturated carbocycles. The summed E-state index contributed by atoms with van der Waals surface area (Å²) in [6.07, 6.45) is 5.89. The average Bonchev–Trinajstić information content (AvgIpc) is 3.67. The summed E-state index contributed by atoms with van der Waals surface area (Å²) in [5.74, 6) is 1.81. The molecule has 3 aliphatic rings. The van der Waals surface area contributed by atoms with Gasteiger partial charge in [-0.25, -0.2) is 4.79 Å². The number of likely N-dealkylation sites (tertiary alicyclic amines) is 1. The molecule has 0 radical (unpaired) electrons. The normalized spacial score (nSPS) is 19.4. The molecule has 1 aliphatic carbocycles. The van der Waals surface area contributed by atoms with Gasteiger partial charge in [0.1, 0.15) is 18.0 Å². The number of carbonyl (C=O) groups is 1. The van der Waals surface area contributed by atoms with Crippen LogP contribution in [0.5, 0.6) is 5.75 Å². The monoisotopic (exact) mass is 706 g/mol. The molecule has 0 bridgehead atoms. The number of hydrogen-bond acceptors (Lipinski definition) is 7. The molecule has 0 N–H and O–H groups in total. The molecule has 47 heavy (non-hydrogen) atoms. The van der Waals surface area contributed by atoms with Gasteiger partial charge in [-0.05, 0) is 99.1 Å². The van der Waals surface area contributed by atoms with Crippen molar-refractivity contribution in [1.29, 1.82) is 0 Å². The average molecular weight is 708 g/mol. The van der Waals surface area contributed by atoms with Gasteiger partial charge in [-0.15, -0.1) is 0 Å². The van der Waals surface area contributed by atoms with Crippen LogP contribution in [0.3, 0.4) is 0 Å². The van der Waals surface area contributed by atoms with Gasteiger partial charge < -0.3 is 23.8 Å².